The average molecular weight is 361 g/mol. The maximum Gasteiger partial charge on any atom is 0.274 e. The topological polar surface area (TPSA) is 63.2 Å². The van der Waals surface area contributed by atoms with Gasteiger partial charge in [0.15, 0.2) is 5.75 Å². The number of unbranched alkanes of at least 4 members (excludes halogenated alkanes) is 1. The van der Waals surface area contributed by atoms with Crippen molar-refractivity contribution in [1.29, 1.82) is 0 Å². The first-order chi connectivity index (χ1) is 13.3. The van der Waals surface area contributed by atoms with Crippen LogP contribution in [0.1, 0.15) is 30.3 Å². The van der Waals surface area contributed by atoms with Crippen LogP contribution in [0.3, 0.4) is 0 Å². The first-order valence-electron chi connectivity index (χ1n) is 9.09. The van der Waals surface area contributed by atoms with E-state index in [9.17, 15) is 4.79 Å². The summed E-state index contributed by atoms with van der Waals surface area (Å²) in [5, 5.41) is 6.16. The number of ether oxygens (including phenoxy) is 1. The Balaban J connectivity index is 1.67. The molecular formula is C22H23N3O2. The lowest BCUT2D eigenvalue weighted by Crippen LogP contribution is -2.14. The summed E-state index contributed by atoms with van der Waals surface area (Å²) in [6.45, 7) is 3.04. The van der Waals surface area contributed by atoms with E-state index in [1.165, 1.54) is 0 Å². The quantitative estimate of drug-likeness (QED) is 0.532. The van der Waals surface area contributed by atoms with Crippen molar-refractivity contribution >= 4 is 17.3 Å². The molecule has 0 aliphatic heterocycles. The monoisotopic (exact) mass is 361 g/mol. The molecule has 0 aliphatic rings. The van der Waals surface area contributed by atoms with Crippen LogP contribution in [0.15, 0.2) is 72.9 Å². The molecule has 1 aromatic heterocycles. The molecule has 5 nitrogen and oxygen atoms in total. The zero-order valence-corrected chi connectivity index (χ0v) is 15.3. The number of para-hydroxylation sites is 3. The second-order valence-corrected chi connectivity index (χ2v) is 6.08. The number of amides is 1. The van der Waals surface area contributed by atoms with Crippen LogP contribution in [0.5, 0.6) is 11.5 Å². The van der Waals surface area contributed by atoms with Crippen LogP contribution >= 0.6 is 0 Å². The molecule has 0 fully saturated rings. The van der Waals surface area contributed by atoms with E-state index in [-0.39, 0.29) is 5.91 Å². The minimum Gasteiger partial charge on any atom is -0.455 e. The van der Waals surface area contributed by atoms with Gasteiger partial charge >= 0.3 is 0 Å². The Morgan fingerprint density at radius 1 is 1.00 bits per heavy atom. The molecule has 1 heterocycles. The molecule has 27 heavy (non-hydrogen) atoms. The Hall–Kier alpha value is -3.34. The van der Waals surface area contributed by atoms with Gasteiger partial charge in [0.25, 0.3) is 5.91 Å². The number of benzene rings is 2. The normalized spacial score (nSPS) is 10.3. The highest BCUT2D eigenvalue weighted by Crippen LogP contribution is 2.29. The molecule has 2 N–H and O–H groups in total. The molecule has 1 amide bonds. The molecule has 2 aromatic carbocycles. The van der Waals surface area contributed by atoms with E-state index < -0.39 is 0 Å². The molecule has 3 aromatic rings. The summed E-state index contributed by atoms with van der Waals surface area (Å²) < 4.78 is 5.88. The predicted octanol–water partition coefficient (Wildman–Crippen LogP) is 5.34. The Labute approximate surface area is 159 Å². The summed E-state index contributed by atoms with van der Waals surface area (Å²) in [5.74, 6) is 1.01. The molecule has 0 saturated heterocycles. The van der Waals surface area contributed by atoms with Gasteiger partial charge in [-0.1, -0.05) is 43.7 Å². The second kappa shape index (κ2) is 9.38. The third kappa shape index (κ3) is 5.31. The zero-order valence-electron chi connectivity index (χ0n) is 15.3. The summed E-state index contributed by atoms with van der Waals surface area (Å²) in [5.41, 5.74) is 1.86. The number of carbonyl (C=O) groups excluding carboxylic acids is 1. The number of hydrogen-bond acceptors (Lipinski definition) is 4. The molecule has 0 aliphatic carbocycles. The number of nitrogens with zero attached hydrogens (tertiary/aromatic N) is 1. The van der Waals surface area contributed by atoms with Crippen molar-refractivity contribution in [2.75, 3.05) is 17.2 Å². The summed E-state index contributed by atoms with van der Waals surface area (Å²) in [6.07, 6.45) is 3.91. The second-order valence-electron chi connectivity index (χ2n) is 6.08. The van der Waals surface area contributed by atoms with Gasteiger partial charge in [0.2, 0.25) is 0 Å². The first-order valence-corrected chi connectivity index (χ1v) is 9.09. The fraction of sp³-hybridized carbons (Fsp3) is 0.182. The Kier molecular flexibility index (Phi) is 6.41. The molecular weight excluding hydrogens is 338 g/mol. The van der Waals surface area contributed by atoms with Gasteiger partial charge in [-0.25, -0.2) is 4.98 Å². The molecule has 0 bridgehead atoms. The van der Waals surface area contributed by atoms with E-state index in [4.69, 9.17) is 4.74 Å². The third-order valence-corrected chi connectivity index (χ3v) is 3.96. The minimum absolute atomic E-state index is 0.279. The van der Waals surface area contributed by atoms with Crippen molar-refractivity contribution in [1.82, 2.24) is 4.98 Å². The van der Waals surface area contributed by atoms with Crippen LogP contribution in [0.2, 0.25) is 0 Å². The molecule has 138 valence electrons. The molecule has 0 saturated carbocycles. The number of aromatic nitrogens is 1. The van der Waals surface area contributed by atoms with Crippen molar-refractivity contribution in [2.24, 2.45) is 0 Å². The molecule has 0 radical (unpaired) electrons. The summed E-state index contributed by atoms with van der Waals surface area (Å²) in [7, 11) is 0. The number of hydrogen-bond donors (Lipinski definition) is 2. The summed E-state index contributed by atoms with van der Waals surface area (Å²) in [4.78, 5) is 16.8. The van der Waals surface area contributed by atoms with Crippen LogP contribution < -0.4 is 15.4 Å². The zero-order chi connectivity index (χ0) is 18.9. The maximum atomic E-state index is 12.5. The van der Waals surface area contributed by atoms with E-state index >= 15 is 0 Å². The SMILES string of the molecule is CCCCNc1ccc(C(=O)Nc2ccccc2Oc2ccccc2)nc1. The Bertz CT molecular complexity index is 864. The molecule has 5 heteroatoms. The van der Waals surface area contributed by atoms with Crippen molar-refractivity contribution in [3.8, 4) is 11.5 Å². The highest BCUT2D eigenvalue weighted by atomic mass is 16.5. The number of nitrogens with one attached hydrogen (secondary N) is 2. The number of carbonyl (C=O) groups is 1. The van der Waals surface area contributed by atoms with E-state index in [0.29, 0.717) is 22.9 Å². The van der Waals surface area contributed by atoms with E-state index in [1.807, 2.05) is 54.6 Å². The van der Waals surface area contributed by atoms with Crippen LogP contribution in [0.25, 0.3) is 0 Å². The van der Waals surface area contributed by atoms with E-state index in [1.54, 1.807) is 18.3 Å². The van der Waals surface area contributed by atoms with Crippen molar-refractivity contribution in [3.63, 3.8) is 0 Å². The largest absolute Gasteiger partial charge is 0.455 e. The predicted molar refractivity (Wildman–Crippen MR) is 109 cm³/mol. The highest BCUT2D eigenvalue weighted by Gasteiger charge is 2.11. The fourth-order valence-corrected chi connectivity index (χ4v) is 2.50. The van der Waals surface area contributed by atoms with Gasteiger partial charge in [0, 0.05) is 6.54 Å². The average Bonchev–Trinajstić information content (AvgIpc) is 2.71. The number of pyridine rings is 1. The molecule has 0 spiro atoms. The highest BCUT2D eigenvalue weighted by molar-refractivity contribution is 6.03. The summed E-state index contributed by atoms with van der Waals surface area (Å²) >= 11 is 0. The van der Waals surface area contributed by atoms with Crippen molar-refractivity contribution in [3.05, 3.63) is 78.6 Å². The Morgan fingerprint density at radius 3 is 2.52 bits per heavy atom. The molecule has 0 unspecified atom stereocenters. The van der Waals surface area contributed by atoms with E-state index in [2.05, 4.69) is 22.5 Å². The van der Waals surface area contributed by atoms with E-state index in [0.717, 1.165) is 25.1 Å². The lowest BCUT2D eigenvalue weighted by Gasteiger charge is -2.12. The smallest absolute Gasteiger partial charge is 0.274 e. The lowest BCUT2D eigenvalue weighted by atomic mass is 10.2. The third-order valence-electron chi connectivity index (χ3n) is 3.96. The summed E-state index contributed by atoms with van der Waals surface area (Å²) in [6, 6.07) is 20.4. The van der Waals surface area contributed by atoms with Gasteiger partial charge in [-0.15, -0.1) is 0 Å². The van der Waals surface area contributed by atoms with Gasteiger partial charge in [-0.2, -0.15) is 0 Å². The lowest BCUT2D eigenvalue weighted by molar-refractivity contribution is 0.102. The van der Waals surface area contributed by atoms with Crippen LogP contribution in [-0.2, 0) is 0 Å². The van der Waals surface area contributed by atoms with Crippen LogP contribution in [-0.4, -0.2) is 17.4 Å². The first kappa shape index (κ1) is 18.5. The van der Waals surface area contributed by atoms with Gasteiger partial charge in [0.1, 0.15) is 11.4 Å². The number of rotatable bonds is 8. The van der Waals surface area contributed by atoms with Crippen molar-refractivity contribution < 1.29 is 9.53 Å². The van der Waals surface area contributed by atoms with Gasteiger partial charge in [-0.3, -0.25) is 4.79 Å². The van der Waals surface area contributed by atoms with Gasteiger partial charge < -0.3 is 15.4 Å². The molecule has 3 rings (SSSR count). The van der Waals surface area contributed by atoms with Crippen LogP contribution in [0, 0.1) is 0 Å². The number of anilines is 2. The standard InChI is InChI=1S/C22H23N3O2/c1-2-3-15-23-17-13-14-20(24-16-17)22(26)25-19-11-7-8-12-21(19)27-18-9-5-4-6-10-18/h4-14,16,23H,2-3,15H2,1H3,(H,25,26). The van der Waals surface area contributed by atoms with Crippen molar-refractivity contribution in [2.45, 2.75) is 19.8 Å². The van der Waals surface area contributed by atoms with Gasteiger partial charge in [0.05, 0.1) is 17.6 Å². The fourth-order valence-electron chi connectivity index (χ4n) is 2.50. The van der Waals surface area contributed by atoms with Crippen LogP contribution in [0.4, 0.5) is 11.4 Å². The maximum absolute atomic E-state index is 12.5. The minimum atomic E-state index is -0.279. The van der Waals surface area contributed by atoms with Gasteiger partial charge in [-0.05, 0) is 42.8 Å². The Morgan fingerprint density at radius 2 is 1.78 bits per heavy atom. The molecule has 0 atom stereocenters.